The van der Waals surface area contributed by atoms with Crippen LogP contribution in [0.3, 0.4) is 0 Å². The van der Waals surface area contributed by atoms with E-state index in [1.165, 1.54) is 12.1 Å². The lowest BCUT2D eigenvalue weighted by atomic mass is 10.0. The number of methoxy groups -OCH3 is 1. The zero-order valence-electron chi connectivity index (χ0n) is 18.5. The molecule has 0 atom stereocenters. The van der Waals surface area contributed by atoms with Gasteiger partial charge in [0.25, 0.3) is 5.91 Å². The minimum atomic E-state index is -3.33. The molecule has 3 heterocycles. The molecule has 1 aliphatic rings. The Hall–Kier alpha value is -3.40. The van der Waals surface area contributed by atoms with Crippen molar-refractivity contribution in [2.24, 2.45) is 0 Å². The Kier molecular flexibility index (Phi) is 6.64. The molecule has 0 N–H and O–H groups in total. The van der Waals surface area contributed by atoms with Crippen molar-refractivity contribution in [3.8, 4) is 5.88 Å². The molecular formula is C23H26N4O5S. The van der Waals surface area contributed by atoms with Crippen molar-refractivity contribution in [3.63, 3.8) is 0 Å². The highest BCUT2D eigenvalue weighted by molar-refractivity contribution is 7.90. The molecule has 0 radical (unpaired) electrons. The number of amides is 1. The molecule has 3 aromatic rings. The number of rotatable bonds is 7. The van der Waals surface area contributed by atoms with Gasteiger partial charge in [0, 0.05) is 43.2 Å². The summed E-state index contributed by atoms with van der Waals surface area (Å²) in [4.78, 5) is 26.3. The van der Waals surface area contributed by atoms with Gasteiger partial charge < -0.3 is 19.0 Å². The number of aromatic nitrogens is 2. The third kappa shape index (κ3) is 5.33. The molecular weight excluding hydrogens is 444 g/mol. The first-order valence-corrected chi connectivity index (χ1v) is 12.5. The topological polar surface area (TPSA) is 106 Å². The minimum absolute atomic E-state index is 0.0148. The highest BCUT2D eigenvalue weighted by atomic mass is 32.2. The van der Waals surface area contributed by atoms with Crippen LogP contribution in [0.15, 0.2) is 64.2 Å². The van der Waals surface area contributed by atoms with Crippen LogP contribution in [0.25, 0.3) is 0 Å². The Morgan fingerprint density at radius 2 is 1.91 bits per heavy atom. The highest BCUT2D eigenvalue weighted by Crippen LogP contribution is 2.25. The minimum Gasteiger partial charge on any atom is -0.481 e. The number of nitrogens with zero attached hydrogens (tertiary/aromatic N) is 4. The van der Waals surface area contributed by atoms with Crippen LogP contribution < -0.4 is 9.64 Å². The van der Waals surface area contributed by atoms with E-state index in [-0.39, 0.29) is 16.8 Å². The number of hydrogen-bond acceptors (Lipinski definition) is 8. The van der Waals surface area contributed by atoms with Crippen molar-refractivity contribution in [1.29, 1.82) is 0 Å². The van der Waals surface area contributed by atoms with Crippen molar-refractivity contribution in [3.05, 3.63) is 66.2 Å². The van der Waals surface area contributed by atoms with Gasteiger partial charge in [-0.15, -0.1) is 0 Å². The van der Waals surface area contributed by atoms with E-state index in [1.54, 1.807) is 48.7 Å². The molecule has 33 heavy (non-hydrogen) atoms. The normalized spacial score (nSPS) is 14.8. The van der Waals surface area contributed by atoms with Crippen molar-refractivity contribution < 1.29 is 22.4 Å². The summed E-state index contributed by atoms with van der Waals surface area (Å²) in [6.07, 6.45) is 5.86. The first-order chi connectivity index (χ1) is 15.8. The van der Waals surface area contributed by atoms with E-state index in [0.717, 1.165) is 19.1 Å². The fourth-order valence-electron chi connectivity index (χ4n) is 3.92. The predicted octanol–water partition coefficient (Wildman–Crippen LogP) is 2.79. The number of carbonyl (C=O) groups excluding carboxylic acids is 1. The molecule has 1 amide bonds. The number of carbonyl (C=O) groups is 1. The van der Waals surface area contributed by atoms with E-state index in [2.05, 4.69) is 14.9 Å². The first kappa shape index (κ1) is 22.8. The molecule has 1 aromatic carbocycles. The van der Waals surface area contributed by atoms with Gasteiger partial charge in [0.15, 0.2) is 9.84 Å². The third-order valence-electron chi connectivity index (χ3n) is 5.71. The van der Waals surface area contributed by atoms with Crippen LogP contribution in [0.2, 0.25) is 0 Å². The second-order valence-corrected chi connectivity index (χ2v) is 9.94. The van der Waals surface area contributed by atoms with Crippen LogP contribution in [-0.2, 0) is 16.4 Å². The number of ether oxygens (including phenoxy) is 1. The molecule has 0 saturated carbocycles. The van der Waals surface area contributed by atoms with E-state index >= 15 is 0 Å². The Morgan fingerprint density at radius 1 is 1.18 bits per heavy atom. The Labute approximate surface area is 192 Å². The Balaban J connectivity index is 1.52. The molecule has 10 heteroatoms. The van der Waals surface area contributed by atoms with Gasteiger partial charge in [-0.1, -0.05) is 0 Å². The molecule has 1 saturated heterocycles. The van der Waals surface area contributed by atoms with Crippen molar-refractivity contribution in [2.45, 2.75) is 30.3 Å². The summed E-state index contributed by atoms with van der Waals surface area (Å²) < 4.78 is 34.2. The van der Waals surface area contributed by atoms with E-state index in [0.29, 0.717) is 42.8 Å². The maximum atomic E-state index is 13.4. The molecule has 174 valence electrons. The van der Waals surface area contributed by atoms with Gasteiger partial charge in [-0.25, -0.2) is 13.4 Å². The largest absolute Gasteiger partial charge is 0.481 e. The van der Waals surface area contributed by atoms with Crippen LogP contribution in [-0.4, -0.2) is 61.7 Å². The second kappa shape index (κ2) is 9.62. The lowest BCUT2D eigenvalue weighted by Crippen LogP contribution is -2.47. The predicted molar refractivity (Wildman–Crippen MR) is 122 cm³/mol. The van der Waals surface area contributed by atoms with E-state index in [4.69, 9.17) is 9.15 Å². The lowest BCUT2D eigenvalue weighted by molar-refractivity contribution is 0.0613. The highest BCUT2D eigenvalue weighted by Gasteiger charge is 2.30. The number of benzene rings is 1. The number of hydrogen-bond donors (Lipinski definition) is 0. The summed E-state index contributed by atoms with van der Waals surface area (Å²) in [7, 11) is -1.76. The van der Waals surface area contributed by atoms with Crippen LogP contribution in [0.5, 0.6) is 5.88 Å². The second-order valence-electron chi connectivity index (χ2n) is 7.93. The monoisotopic (exact) mass is 470 g/mol. The fraction of sp³-hybridized carbons (Fsp3) is 0.348. The molecule has 0 aliphatic carbocycles. The number of sulfone groups is 1. The molecule has 0 bridgehead atoms. The number of piperidine rings is 1. The van der Waals surface area contributed by atoms with Gasteiger partial charge in [0.1, 0.15) is 5.76 Å². The smallest absolute Gasteiger partial charge is 0.254 e. The average molecular weight is 471 g/mol. The summed E-state index contributed by atoms with van der Waals surface area (Å²) >= 11 is 0. The van der Waals surface area contributed by atoms with Crippen LogP contribution >= 0.6 is 0 Å². The number of anilines is 1. The van der Waals surface area contributed by atoms with Crippen LogP contribution in [0.4, 0.5) is 5.95 Å². The summed E-state index contributed by atoms with van der Waals surface area (Å²) in [5.74, 6) is 1.64. The zero-order valence-corrected chi connectivity index (χ0v) is 19.4. The fourth-order valence-corrected chi connectivity index (χ4v) is 4.55. The lowest BCUT2D eigenvalue weighted by Gasteiger charge is -2.38. The van der Waals surface area contributed by atoms with Crippen LogP contribution in [0, 0.1) is 0 Å². The van der Waals surface area contributed by atoms with Gasteiger partial charge in [-0.2, -0.15) is 4.98 Å². The SMILES string of the molecule is COc1ccnc(N2CCC(N(Cc3ccco3)C(=O)c3ccc(S(C)(=O)=O)cc3)CC2)n1. The molecule has 0 unspecified atom stereocenters. The van der Waals surface area contributed by atoms with Crippen molar-refractivity contribution >= 4 is 21.7 Å². The Morgan fingerprint density at radius 3 is 2.52 bits per heavy atom. The molecule has 1 aliphatic heterocycles. The van der Waals surface area contributed by atoms with E-state index < -0.39 is 9.84 Å². The summed E-state index contributed by atoms with van der Waals surface area (Å²) in [6, 6.07) is 11.4. The van der Waals surface area contributed by atoms with E-state index in [1.807, 2.05) is 6.07 Å². The first-order valence-electron chi connectivity index (χ1n) is 10.6. The third-order valence-corrected chi connectivity index (χ3v) is 6.84. The zero-order chi connectivity index (χ0) is 23.4. The molecule has 4 rings (SSSR count). The van der Waals surface area contributed by atoms with E-state index in [9.17, 15) is 13.2 Å². The van der Waals surface area contributed by atoms with Crippen LogP contribution in [0.1, 0.15) is 29.0 Å². The van der Waals surface area contributed by atoms with Gasteiger partial charge in [0.05, 0.1) is 24.8 Å². The summed E-state index contributed by atoms with van der Waals surface area (Å²) in [5.41, 5.74) is 0.438. The van der Waals surface area contributed by atoms with Gasteiger partial charge in [0.2, 0.25) is 11.8 Å². The summed E-state index contributed by atoms with van der Waals surface area (Å²) in [5, 5.41) is 0. The maximum Gasteiger partial charge on any atom is 0.254 e. The number of furan rings is 1. The standard InChI is InChI=1S/C23H26N4O5S/c1-31-21-9-12-24-23(25-21)26-13-10-18(11-14-26)27(16-19-4-3-15-32-19)22(28)17-5-7-20(8-6-17)33(2,29)30/h3-9,12,15,18H,10-11,13-14,16H2,1-2H3. The molecule has 1 fully saturated rings. The molecule has 0 spiro atoms. The van der Waals surface area contributed by atoms with Gasteiger partial charge in [-0.05, 0) is 49.2 Å². The van der Waals surface area contributed by atoms with Gasteiger partial charge in [-0.3, -0.25) is 4.79 Å². The quantitative estimate of drug-likeness (QED) is 0.519. The molecule has 9 nitrogen and oxygen atoms in total. The van der Waals surface area contributed by atoms with Crippen molar-refractivity contribution in [2.75, 3.05) is 31.4 Å². The molecule has 2 aromatic heterocycles. The van der Waals surface area contributed by atoms with Gasteiger partial charge >= 0.3 is 0 Å². The van der Waals surface area contributed by atoms with Crippen molar-refractivity contribution in [1.82, 2.24) is 14.9 Å². The maximum absolute atomic E-state index is 13.4. The summed E-state index contributed by atoms with van der Waals surface area (Å²) in [6.45, 7) is 1.71. The Bertz CT molecular complexity index is 1190. The average Bonchev–Trinajstić information content (AvgIpc) is 3.35.